The Morgan fingerprint density at radius 2 is 1.92 bits per heavy atom. The topological polar surface area (TPSA) is 27.7 Å². The lowest BCUT2D eigenvalue weighted by Crippen LogP contribution is -2.51. The Bertz CT molecular complexity index is 601. The molecule has 5 heteroatoms. The van der Waals surface area contributed by atoms with Crippen molar-refractivity contribution in [1.82, 2.24) is 9.80 Å². The van der Waals surface area contributed by atoms with E-state index in [1.165, 1.54) is 38.5 Å². The fourth-order valence-electron chi connectivity index (χ4n) is 4.55. The van der Waals surface area contributed by atoms with Crippen LogP contribution in [0.4, 0.5) is 5.69 Å². The Morgan fingerprint density at radius 1 is 1.19 bits per heavy atom. The van der Waals surface area contributed by atoms with Crippen LogP contribution in [0.25, 0.3) is 0 Å². The van der Waals surface area contributed by atoms with Crippen LogP contribution >= 0.6 is 12.2 Å². The highest BCUT2D eigenvalue weighted by atomic mass is 32.1. The number of hydrogen-bond acceptors (Lipinski definition) is 3. The second-order valence-corrected chi connectivity index (χ2v) is 8.26. The van der Waals surface area contributed by atoms with Gasteiger partial charge >= 0.3 is 0 Å². The molecule has 4 nitrogen and oxygen atoms in total. The predicted octanol–water partition coefficient (Wildman–Crippen LogP) is 4.37. The first kappa shape index (κ1) is 19.4. The summed E-state index contributed by atoms with van der Waals surface area (Å²) in [6, 6.07) is 9.40. The van der Waals surface area contributed by atoms with Gasteiger partial charge < -0.3 is 19.9 Å². The molecule has 1 heterocycles. The molecule has 26 heavy (non-hydrogen) atoms. The van der Waals surface area contributed by atoms with Crippen LogP contribution in [0.2, 0.25) is 0 Å². The molecule has 1 N–H and O–H groups in total. The fraction of sp³-hybridized carbons (Fsp3) is 0.667. The number of nitrogens with one attached hydrogen (secondary N) is 1. The smallest absolute Gasteiger partial charge is 0.173 e. The molecule has 2 aliphatic rings. The monoisotopic (exact) mass is 375 g/mol. The first-order valence-corrected chi connectivity index (χ1v) is 10.4. The van der Waals surface area contributed by atoms with Gasteiger partial charge in [0, 0.05) is 36.9 Å². The van der Waals surface area contributed by atoms with Crippen molar-refractivity contribution >= 4 is 23.0 Å². The van der Waals surface area contributed by atoms with E-state index in [1.807, 2.05) is 24.3 Å². The van der Waals surface area contributed by atoms with Crippen molar-refractivity contribution in [3.8, 4) is 5.75 Å². The standard InChI is InChI=1S/C21H33N3OS/c1-16-7-4-5-10-20(16)23(2)18-11-13-24(14-12-18)21(26)22-17-8-6-9-19(15-17)25-3/h6,8-9,15-16,18,20H,4-5,7,10-14H2,1-3H3,(H,22,26). The lowest BCUT2D eigenvalue weighted by atomic mass is 9.84. The number of ether oxygens (including phenoxy) is 1. The van der Waals surface area contributed by atoms with E-state index in [2.05, 4.69) is 29.1 Å². The number of piperidine rings is 1. The summed E-state index contributed by atoms with van der Waals surface area (Å²) in [5.41, 5.74) is 0.990. The van der Waals surface area contributed by atoms with E-state index in [1.54, 1.807) is 7.11 Å². The van der Waals surface area contributed by atoms with Crippen molar-refractivity contribution in [3.05, 3.63) is 24.3 Å². The van der Waals surface area contributed by atoms with Gasteiger partial charge in [-0.25, -0.2) is 0 Å². The highest BCUT2D eigenvalue weighted by Gasteiger charge is 2.31. The van der Waals surface area contributed by atoms with Crippen molar-refractivity contribution < 1.29 is 4.74 Å². The van der Waals surface area contributed by atoms with E-state index in [9.17, 15) is 0 Å². The van der Waals surface area contributed by atoms with E-state index in [0.717, 1.165) is 41.6 Å². The summed E-state index contributed by atoms with van der Waals surface area (Å²) < 4.78 is 5.29. The third-order valence-electron chi connectivity index (χ3n) is 6.24. The van der Waals surface area contributed by atoms with Gasteiger partial charge in [0.25, 0.3) is 0 Å². The largest absolute Gasteiger partial charge is 0.497 e. The van der Waals surface area contributed by atoms with Gasteiger partial charge in [-0.15, -0.1) is 0 Å². The molecule has 1 aliphatic heterocycles. The van der Waals surface area contributed by atoms with Gasteiger partial charge in [0.2, 0.25) is 0 Å². The maximum atomic E-state index is 5.64. The van der Waals surface area contributed by atoms with Crippen molar-refractivity contribution in [1.29, 1.82) is 0 Å². The molecule has 0 aromatic heterocycles. The van der Waals surface area contributed by atoms with Gasteiger partial charge in [0.1, 0.15) is 5.75 Å². The molecule has 3 rings (SSSR count). The normalized spacial score (nSPS) is 24.5. The Labute approximate surface area is 163 Å². The Balaban J connectivity index is 1.50. The summed E-state index contributed by atoms with van der Waals surface area (Å²) in [6.07, 6.45) is 7.95. The molecule has 0 spiro atoms. The SMILES string of the molecule is COc1cccc(NC(=S)N2CCC(N(C)C3CCCCC3C)CC2)c1. The van der Waals surface area contributed by atoms with Gasteiger partial charge in [-0.05, 0) is 63.0 Å². The molecule has 2 fully saturated rings. The van der Waals surface area contributed by atoms with Crippen LogP contribution in [0.3, 0.4) is 0 Å². The first-order valence-electron chi connectivity index (χ1n) is 10.0. The van der Waals surface area contributed by atoms with Crippen LogP contribution in [0, 0.1) is 5.92 Å². The van der Waals surface area contributed by atoms with Gasteiger partial charge in [0.05, 0.1) is 7.11 Å². The summed E-state index contributed by atoms with van der Waals surface area (Å²) in [4.78, 5) is 4.99. The number of hydrogen-bond donors (Lipinski definition) is 1. The zero-order valence-corrected chi connectivity index (χ0v) is 17.2. The predicted molar refractivity (Wildman–Crippen MR) is 113 cm³/mol. The molecule has 0 bridgehead atoms. The minimum atomic E-state index is 0.691. The second-order valence-electron chi connectivity index (χ2n) is 7.87. The van der Waals surface area contributed by atoms with Gasteiger partial charge in [-0.1, -0.05) is 25.8 Å². The zero-order chi connectivity index (χ0) is 18.5. The van der Waals surface area contributed by atoms with Crippen molar-refractivity contribution in [2.45, 2.75) is 57.5 Å². The van der Waals surface area contributed by atoms with Gasteiger partial charge in [-0.2, -0.15) is 0 Å². The van der Waals surface area contributed by atoms with Crippen molar-refractivity contribution in [3.63, 3.8) is 0 Å². The van der Waals surface area contributed by atoms with Crippen LogP contribution < -0.4 is 10.1 Å². The van der Waals surface area contributed by atoms with E-state index in [4.69, 9.17) is 17.0 Å². The number of rotatable bonds is 4. The second kappa shape index (κ2) is 9.05. The first-order chi connectivity index (χ1) is 12.6. The molecule has 2 atom stereocenters. The Hall–Kier alpha value is -1.33. The van der Waals surface area contributed by atoms with Crippen LogP contribution in [0.1, 0.15) is 45.4 Å². The summed E-state index contributed by atoms with van der Waals surface area (Å²) in [5.74, 6) is 1.68. The molecule has 1 aromatic carbocycles. The molecule has 2 unspecified atom stereocenters. The average molecular weight is 376 g/mol. The zero-order valence-electron chi connectivity index (χ0n) is 16.4. The average Bonchev–Trinajstić information content (AvgIpc) is 2.68. The number of nitrogens with zero attached hydrogens (tertiary/aromatic N) is 2. The number of thiocarbonyl (C=S) groups is 1. The molecular formula is C21H33N3OS. The van der Waals surface area contributed by atoms with Crippen LogP contribution in [0.5, 0.6) is 5.75 Å². The maximum Gasteiger partial charge on any atom is 0.173 e. The molecule has 1 saturated carbocycles. The number of methoxy groups -OCH3 is 1. The minimum Gasteiger partial charge on any atom is -0.497 e. The van der Waals surface area contributed by atoms with E-state index in [-0.39, 0.29) is 0 Å². The summed E-state index contributed by atoms with van der Waals surface area (Å²) in [7, 11) is 4.03. The van der Waals surface area contributed by atoms with Crippen LogP contribution in [-0.4, -0.2) is 54.2 Å². The molecule has 144 valence electrons. The lowest BCUT2D eigenvalue weighted by molar-refractivity contribution is 0.0691. The van der Waals surface area contributed by atoms with E-state index in [0.29, 0.717) is 6.04 Å². The molecule has 0 radical (unpaired) electrons. The summed E-state index contributed by atoms with van der Waals surface area (Å²) in [5, 5.41) is 4.19. The van der Waals surface area contributed by atoms with E-state index >= 15 is 0 Å². The van der Waals surface area contributed by atoms with E-state index < -0.39 is 0 Å². The lowest BCUT2D eigenvalue weighted by Gasteiger charge is -2.44. The summed E-state index contributed by atoms with van der Waals surface area (Å²) in [6.45, 7) is 4.50. The molecule has 1 saturated heterocycles. The highest BCUT2D eigenvalue weighted by Crippen LogP contribution is 2.30. The summed E-state index contributed by atoms with van der Waals surface area (Å²) >= 11 is 5.64. The van der Waals surface area contributed by atoms with Crippen LogP contribution in [-0.2, 0) is 0 Å². The third-order valence-corrected chi connectivity index (χ3v) is 6.60. The molecule has 0 amide bonds. The Kier molecular flexibility index (Phi) is 6.76. The van der Waals surface area contributed by atoms with Gasteiger partial charge in [0.15, 0.2) is 5.11 Å². The molecular weight excluding hydrogens is 342 g/mol. The quantitative estimate of drug-likeness (QED) is 0.789. The van der Waals surface area contributed by atoms with Gasteiger partial charge in [-0.3, -0.25) is 0 Å². The van der Waals surface area contributed by atoms with Crippen LogP contribution in [0.15, 0.2) is 24.3 Å². The number of likely N-dealkylation sites (tertiary alicyclic amines) is 1. The Morgan fingerprint density at radius 3 is 2.62 bits per heavy atom. The molecule has 1 aliphatic carbocycles. The fourth-order valence-corrected chi connectivity index (χ4v) is 4.85. The highest BCUT2D eigenvalue weighted by molar-refractivity contribution is 7.80. The van der Waals surface area contributed by atoms with Crippen molar-refractivity contribution in [2.75, 3.05) is 32.6 Å². The molecule has 1 aromatic rings. The maximum absolute atomic E-state index is 5.64. The third kappa shape index (κ3) is 4.68. The van der Waals surface area contributed by atoms with Crippen molar-refractivity contribution in [2.24, 2.45) is 5.92 Å². The number of anilines is 1. The minimum absolute atomic E-state index is 0.691. The number of benzene rings is 1.